The molecule has 1 atom stereocenters. The summed E-state index contributed by atoms with van der Waals surface area (Å²) in [5.74, 6) is 0. The Bertz CT molecular complexity index is 144. The van der Waals surface area contributed by atoms with Crippen molar-refractivity contribution in [1.82, 2.24) is 0 Å². The van der Waals surface area contributed by atoms with Crippen LogP contribution in [-0.4, -0.2) is 17.3 Å². The lowest BCUT2D eigenvalue weighted by Crippen LogP contribution is -2.49. The van der Waals surface area contributed by atoms with E-state index in [1.54, 1.807) is 0 Å². The molecule has 0 amide bonds. The van der Waals surface area contributed by atoms with Crippen LogP contribution in [0.25, 0.3) is 0 Å². The van der Waals surface area contributed by atoms with Crippen LogP contribution in [-0.2, 0) is 0 Å². The highest BCUT2D eigenvalue weighted by Gasteiger charge is 2.36. The van der Waals surface area contributed by atoms with E-state index in [9.17, 15) is 0 Å². The van der Waals surface area contributed by atoms with Gasteiger partial charge in [0, 0.05) is 5.54 Å². The average molecular weight is 157 g/mol. The normalized spacial score (nSPS) is 37.1. The molecular formula is C9H19NO. The number of rotatable bonds is 1. The van der Waals surface area contributed by atoms with Gasteiger partial charge < -0.3 is 10.8 Å². The molecule has 0 aromatic rings. The lowest BCUT2D eigenvalue weighted by Gasteiger charge is -2.41. The van der Waals surface area contributed by atoms with Crippen molar-refractivity contribution in [2.24, 2.45) is 11.1 Å². The Balaban J connectivity index is 2.59. The molecule has 3 N–H and O–H groups in total. The van der Waals surface area contributed by atoms with Gasteiger partial charge in [-0.25, -0.2) is 0 Å². The standard InChI is InChI=1S/C9H19NO/c1-8(2)4-3-5-9(10,6-8)7-11/h11H,3-7,10H2,1-2H3/t9-/m0/s1. The third-order valence-corrected chi connectivity index (χ3v) is 2.67. The smallest absolute Gasteiger partial charge is 0.0611 e. The maximum atomic E-state index is 9.06. The van der Waals surface area contributed by atoms with Crippen LogP contribution >= 0.6 is 0 Å². The van der Waals surface area contributed by atoms with Crippen LogP contribution < -0.4 is 5.73 Å². The first-order valence-corrected chi connectivity index (χ1v) is 4.37. The van der Waals surface area contributed by atoms with Crippen molar-refractivity contribution in [2.75, 3.05) is 6.61 Å². The van der Waals surface area contributed by atoms with Crippen LogP contribution in [0.3, 0.4) is 0 Å². The van der Waals surface area contributed by atoms with E-state index in [4.69, 9.17) is 10.8 Å². The number of nitrogens with two attached hydrogens (primary N) is 1. The molecule has 0 bridgehead atoms. The van der Waals surface area contributed by atoms with Gasteiger partial charge in [-0.3, -0.25) is 0 Å². The minimum atomic E-state index is -0.290. The largest absolute Gasteiger partial charge is 0.394 e. The summed E-state index contributed by atoms with van der Waals surface area (Å²) in [5, 5.41) is 9.06. The maximum Gasteiger partial charge on any atom is 0.0611 e. The van der Waals surface area contributed by atoms with E-state index < -0.39 is 0 Å². The molecule has 1 aliphatic rings. The molecule has 1 rings (SSSR count). The van der Waals surface area contributed by atoms with Gasteiger partial charge in [-0.1, -0.05) is 20.3 Å². The molecule has 0 spiro atoms. The van der Waals surface area contributed by atoms with Crippen molar-refractivity contribution in [3.63, 3.8) is 0 Å². The lowest BCUT2D eigenvalue weighted by molar-refractivity contribution is 0.0912. The molecule has 66 valence electrons. The van der Waals surface area contributed by atoms with Crippen LogP contribution in [0.15, 0.2) is 0 Å². The van der Waals surface area contributed by atoms with Crippen molar-refractivity contribution < 1.29 is 5.11 Å². The van der Waals surface area contributed by atoms with E-state index >= 15 is 0 Å². The van der Waals surface area contributed by atoms with E-state index in [-0.39, 0.29) is 12.1 Å². The zero-order chi connectivity index (χ0) is 8.54. The number of aliphatic hydroxyl groups is 1. The molecule has 0 heterocycles. The first kappa shape index (κ1) is 9.01. The Kier molecular flexibility index (Phi) is 2.26. The minimum Gasteiger partial charge on any atom is -0.394 e. The predicted molar refractivity (Wildman–Crippen MR) is 46.3 cm³/mol. The zero-order valence-electron chi connectivity index (χ0n) is 7.56. The molecule has 1 fully saturated rings. The van der Waals surface area contributed by atoms with Crippen molar-refractivity contribution in [2.45, 2.75) is 45.1 Å². The molecule has 11 heavy (non-hydrogen) atoms. The van der Waals surface area contributed by atoms with Crippen LogP contribution in [0.1, 0.15) is 39.5 Å². The van der Waals surface area contributed by atoms with Gasteiger partial charge in [-0.2, -0.15) is 0 Å². The summed E-state index contributed by atoms with van der Waals surface area (Å²) >= 11 is 0. The monoisotopic (exact) mass is 157 g/mol. The highest BCUT2D eigenvalue weighted by Crippen LogP contribution is 2.39. The molecule has 0 aliphatic heterocycles. The number of hydrogen-bond acceptors (Lipinski definition) is 2. The molecule has 0 unspecified atom stereocenters. The summed E-state index contributed by atoms with van der Waals surface area (Å²) in [6, 6.07) is 0. The Hall–Kier alpha value is -0.0800. The molecule has 1 saturated carbocycles. The molecule has 2 heteroatoms. The summed E-state index contributed by atoms with van der Waals surface area (Å²) in [6.45, 7) is 4.59. The first-order valence-electron chi connectivity index (χ1n) is 4.37. The minimum absolute atomic E-state index is 0.135. The van der Waals surface area contributed by atoms with Crippen LogP contribution in [0.2, 0.25) is 0 Å². The second-order valence-electron chi connectivity index (χ2n) is 4.72. The van der Waals surface area contributed by atoms with E-state index in [0.717, 1.165) is 19.3 Å². The fourth-order valence-corrected chi connectivity index (χ4v) is 2.18. The Labute approximate surface area is 68.8 Å². The fraction of sp³-hybridized carbons (Fsp3) is 1.00. The Morgan fingerprint density at radius 3 is 2.36 bits per heavy atom. The third-order valence-electron chi connectivity index (χ3n) is 2.67. The third kappa shape index (κ3) is 2.17. The average Bonchev–Trinajstić information content (AvgIpc) is 1.85. The fourth-order valence-electron chi connectivity index (χ4n) is 2.18. The molecule has 2 nitrogen and oxygen atoms in total. The maximum absolute atomic E-state index is 9.06. The molecular weight excluding hydrogens is 138 g/mol. The van der Waals surface area contributed by atoms with E-state index in [1.165, 1.54) is 6.42 Å². The van der Waals surface area contributed by atoms with E-state index in [2.05, 4.69) is 13.8 Å². The first-order chi connectivity index (χ1) is 4.97. The molecule has 0 aromatic heterocycles. The van der Waals surface area contributed by atoms with E-state index in [0.29, 0.717) is 5.41 Å². The van der Waals surface area contributed by atoms with Gasteiger partial charge in [0.05, 0.1) is 6.61 Å². The van der Waals surface area contributed by atoms with Gasteiger partial charge in [0.2, 0.25) is 0 Å². The second kappa shape index (κ2) is 2.76. The Morgan fingerprint density at radius 1 is 1.36 bits per heavy atom. The van der Waals surface area contributed by atoms with Crippen molar-refractivity contribution >= 4 is 0 Å². The molecule has 0 radical (unpaired) electrons. The molecule has 1 aliphatic carbocycles. The van der Waals surface area contributed by atoms with Crippen molar-refractivity contribution in [3.8, 4) is 0 Å². The van der Waals surface area contributed by atoms with Gasteiger partial charge in [0.25, 0.3) is 0 Å². The Morgan fingerprint density at radius 2 is 2.00 bits per heavy atom. The van der Waals surface area contributed by atoms with Crippen LogP contribution in [0.5, 0.6) is 0 Å². The summed E-state index contributed by atoms with van der Waals surface area (Å²) in [6.07, 6.45) is 4.33. The van der Waals surface area contributed by atoms with Crippen LogP contribution in [0, 0.1) is 5.41 Å². The zero-order valence-corrected chi connectivity index (χ0v) is 7.56. The van der Waals surface area contributed by atoms with Gasteiger partial charge in [-0.05, 0) is 24.7 Å². The highest BCUT2D eigenvalue weighted by atomic mass is 16.3. The summed E-state index contributed by atoms with van der Waals surface area (Å²) in [5.41, 5.74) is 6.02. The predicted octanol–water partition coefficient (Wildman–Crippen LogP) is 1.28. The highest BCUT2D eigenvalue weighted by molar-refractivity contribution is 4.93. The van der Waals surface area contributed by atoms with Gasteiger partial charge in [-0.15, -0.1) is 0 Å². The second-order valence-corrected chi connectivity index (χ2v) is 4.72. The molecule has 0 saturated heterocycles. The van der Waals surface area contributed by atoms with Gasteiger partial charge >= 0.3 is 0 Å². The molecule has 0 aromatic carbocycles. The SMILES string of the molecule is CC1(C)CCC[C@@](N)(CO)C1. The summed E-state index contributed by atoms with van der Waals surface area (Å²) in [7, 11) is 0. The lowest BCUT2D eigenvalue weighted by atomic mass is 9.69. The van der Waals surface area contributed by atoms with E-state index in [1.807, 2.05) is 0 Å². The van der Waals surface area contributed by atoms with Gasteiger partial charge in [0.1, 0.15) is 0 Å². The van der Waals surface area contributed by atoms with Crippen molar-refractivity contribution in [3.05, 3.63) is 0 Å². The van der Waals surface area contributed by atoms with Crippen LogP contribution in [0.4, 0.5) is 0 Å². The summed E-state index contributed by atoms with van der Waals surface area (Å²) in [4.78, 5) is 0. The topological polar surface area (TPSA) is 46.2 Å². The van der Waals surface area contributed by atoms with Gasteiger partial charge in [0.15, 0.2) is 0 Å². The quantitative estimate of drug-likeness (QED) is 0.602. The summed E-state index contributed by atoms with van der Waals surface area (Å²) < 4.78 is 0. The number of aliphatic hydroxyl groups excluding tert-OH is 1. The van der Waals surface area contributed by atoms with Crippen molar-refractivity contribution in [1.29, 1.82) is 0 Å². The number of hydrogen-bond donors (Lipinski definition) is 2.